The number of carbonyl (C=O) groups is 1. The highest BCUT2D eigenvalue weighted by Gasteiger charge is 2.07. The lowest BCUT2D eigenvalue weighted by Crippen LogP contribution is -2.30. The van der Waals surface area contributed by atoms with Gasteiger partial charge in [0.25, 0.3) is 0 Å². The van der Waals surface area contributed by atoms with Gasteiger partial charge in [-0.2, -0.15) is 0 Å². The normalized spacial score (nSPS) is 10.6. The van der Waals surface area contributed by atoms with Crippen LogP contribution in [-0.2, 0) is 9.53 Å². The van der Waals surface area contributed by atoms with Crippen molar-refractivity contribution < 1.29 is 13.9 Å². The number of nitrogens with one attached hydrogen (secondary N) is 2. The van der Waals surface area contributed by atoms with Crippen LogP contribution in [-0.4, -0.2) is 37.7 Å². The van der Waals surface area contributed by atoms with Crippen LogP contribution in [0.3, 0.4) is 0 Å². The van der Waals surface area contributed by atoms with Gasteiger partial charge >= 0.3 is 0 Å². The summed E-state index contributed by atoms with van der Waals surface area (Å²) in [5.74, 6) is 0.439. The molecule has 0 unspecified atom stereocenters. The topological polar surface area (TPSA) is 76.4 Å². The van der Waals surface area contributed by atoms with E-state index in [9.17, 15) is 4.79 Å². The zero-order valence-corrected chi connectivity index (χ0v) is 12.2. The molecule has 6 heteroatoms. The Labute approximate surface area is 123 Å². The summed E-state index contributed by atoms with van der Waals surface area (Å²) in [5, 5.41) is 5.81. The third kappa shape index (κ3) is 4.70. The molecule has 6 nitrogen and oxygen atoms in total. The molecule has 1 aromatic carbocycles. The van der Waals surface area contributed by atoms with Crippen LogP contribution in [0.25, 0.3) is 11.5 Å². The molecular weight excluding hydrogens is 270 g/mol. The first kappa shape index (κ1) is 15.2. The van der Waals surface area contributed by atoms with E-state index in [1.165, 1.54) is 0 Å². The molecule has 0 radical (unpaired) electrons. The van der Waals surface area contributed by atoms with Gasteiger partial charge in [0.05, 0.1) is 18.8 Å². The summed E-state index contributed by atoms with van der Waals surface area (Å²) in [5.41, 5.74) is 2.36. The fraction of sp³-hybridized carbons (Fsp3) is 0.333. The third-order valence-corrected chi connectivity index (χ3v) is 2.78. The number of oxazole rings is 1. The standard InChI is InChI=1S/C15H19N3O3/c1-11-10-21-15(17-11)12-4-3-5-13(8-12)18-14(19)9-16-6-7-20-2/h3-5,8,10,16H,6-7,9H2,1-2H3,(H,18,19). The van der Waals surface area contributed by atoms with Gasteiger partial charge in [-0.05, 0) is 25.1 Å². The highest BCUT2D eigenvalue weighted by molar-refractivity contribution is 5.92. The minimum Gasteiger partial charge on any atom is -0.444 e. The van der Waals surface area contributed by atoms with Gasteiger partial charge in [-0.1, -0.05) is 6.07 Å². The second-order valence-electron chi connectivity index (χ2n) is 4.59. The average Bonchev–Trinajstić information content (AvgIpc) is 2.91. The fourth-order valence-electron chi connectivity index (χ4n) is 1.80. The summed E-state index contributed by atoms with van der Waals surface area (Å²) < 4.78 is 10.2. The highest BCUT2D eigenvalue weighted by Crippen LogP contribution is 2.21. The summed E-state index contributed by atoms with van der Waals surface area (Å²) in [6.07, 6.45) is 1.60. The molecule has 0 saturated carbocycles. The molecule has 0 fully saturated rings. The van der Waals surface area contributed by atoms with Crippen molar-refractivity contribution in [3.8, 4) is 11.5 Å². The lowest BCUT2D eigenvalue weighted by Gasteiger charge is -2.07. The molecule has 0 spiro atoms. The van der Waals surface area contributed by atoms with Crippen LogP contribution in [0, 0.1) is 6.92 Å². The first-order valence-electron chi connectivity index (χ1n) is 6.71. The van der Waals surface area contributed by atoms with Crippen LogP contribution >= 0.6 is 0 Å². The first-order valence-corrected chi connectivity index (χ1v) is 6.71. The number of nitrogens with zero attached hydrogens (tertiary/aromatic N) is 1. The van der Waals surface area contributed by atoms with E-state index in [1.54, 1.807) is 13.4 Å². The quantitative estimate of drug-likeness (QED) is 0.760. The summed E-state index contributed by atoms with van der Waals surface area (Å²) in [7, 11) is 1.62. The van der Waals surface area contributed by atoms with Crippen LogP contribution in [0.5, 0.6) is 0 Å². The number of benzene rings is 1. The second kappa shape index (κ2) is 7.56. The fourth-order valence-corrected chi connectivity index (χ4v) is 1.80. The van der Waals surface area contributed by atoms with Crippen molar-refractivity contribution in [2.45, 2.75) is 6.92 Å². The van der Waals surface area contributed by atoms with E-state index in [4.69, 9.17) is 9.15 Å². The van der Waals surface area contributed by atoms with Gasteiger partial charge in [0.1, 0.15) is 6.26 Å². The van der Waals surface area contributed by atoms with Gasteiger partial charge in [-0.3, -0.25) is 4.79 Å². The molecule has 0 aliphatic heterocycles. The van der Waals surface area contributed by atoms with Crippen molar-refractivity contribution in [2.75, 3.05) is 32.1 Å². The smallest absolute Gasteiger partial charge is 0.238 e. The molecule has 2 N–H and O–H groups in total. The number of rotatable bonds is 7. The molecular formula is C15H19N3O3. The highest BCUT2D eigenvalue weighted by atomic mass is 16.5. The van der Waals surface area contributed by atoms with E-state index >= 15 is 0 Å². The Morgan fingerprint density at radius 1 is 1.43 bits per heavy atom. The molecule has 1 heterocycles. The third-order valence-electron chi connectivity index (χ3n) is 2.78. The molecule has 2 aromatic rings. The van der Waals surface area contributed by atoms with Gasteiger partial charge in [0.2, 0.25) is 11.8 Å². The number of carbonyl (C=O) groups excluding carboxylic acids is 1. The first-order chi connectivity index (χ1) is 10.2. The van der Waals surface area contributed by atoms with Gasteiger partial charge in [-0.15, -0.1) is 0 Å². The average molecular weight is 289 g/mol. The van der Waals surface area contributed by atoms with Crippen molar-refractivity contribution >= 4 is 11.6 Å². The second-order valence-corrected chi connectivity index (χ2v) is 4.59. The van der Waals surface area contributed by atoms with E-state index in [2.05, 4.69) is 15.6 Å². The molecule has 2 rings (SSSR count). The molecule has 21 heavy (non-hydrogen) atoms. The lowest BCUT2D eigenvalue weighted by atomic mass is 10.2. The van der Waals surface area contributed by atoms with Gasteiger partial charge < -0.3 is 19.8 Å². The molecule has 0 bridgehead atoms. The van der Waals surface area contributed by atoms with Crippen molar-refractivity contribution in [1.29, 1.82) is 0 Å². The Morgan fingerprint density at radius 3 is 3.00 bits per heavy atom. The van der Waals surface area contributed by atoms with Crippen molar-refractivity contribution in [3.05, 3.63) is 36.2 Å². The number of aryl methyl sites for hydroxylation is 1. The minimum absolute atomic E-state index is 0.105. The number of aromatic nitrogens is 1. The minimum atomic E-state index is -0.105. The summed E-state index contributed by atoms with van der Waals surface area (Å²) in [6, 6.07) is 7.39. The summed E-state index contributed by atoms with van der Waals surface area (Å²) in [4.78, 5) is 16.0. The van der Waals surface area contributed by atoms with Crippen LogP contribution in [0.15, 0.2) is 34.9 Å². The van der Waals surface area contributed by atoms with Crippen molar-refractivity contribution in [1.82, 2.24) is 10.3 Å². The Hall–Kier alpha value is -2.18. The van der Waals surface area contributed by atoms with E-state index in [0.29, 0.717) is 24.7 Å². The van der Waals surface area contributed by atoms with Crippen molar-refractivity contribution in [3.63, 3.8) is 0 Å². The maximum Gasteiger partial charge on any atom is 0.238 e. The number of amides is 1. The Balaban J connectivity index is 1.93. The Kier molecular flexibility index (Phi) is 5.48. The van der Waals surface area contributed by atoms with Crippen LogP contribution < -0.4 is 10.6 Å². The summed E-state index contributed by atoms with van der Waals surface area (Å²) >= 11 is 0. The molecule has 112 valence electrons. The van der Waals surface area contributed by atoms with Crippen LogP contribution in [0.1, 0.15) is 5.69 Å². The van der Waals surface area contributed by atoms with Gasteiger partial charge in [-0.25, -0.2) is 4.98 Å². The summed E-state index contributed by atoms with van der Waals surface area (Å²) in [6.45, 7) is 3.32. The van der Waals surface area contributed by atoms with Crippen molar-refractivity contribution in [2.24, 2.45) is 0 Å². The molecule has 0 saturated heterocycles. The van der Waals surface area contributed by atoms with E-state index < -0.39 is 0 Å². The van der Waals surface area contributed by atoms with Crippen LogP contribution in [0.2, 0.25) is 0 Å². The lowest BCUT2D eigenvalue weighted by molar-refractivity contribution is -0.115. The molecule has 1 aromatic heterocycles. The molecule has 0 aliphatic carbocycles. The monoisotopic (exact) mass is 289 g/mol. The van der Waals surface area contributed by atoms with E-state index in [1.807, 2.05) is 31.2 Å². The maximum absolute atomic E-state index is 11.8. The van der Waals surface area contributed by atoms with E-state index in [-0.39, 0.29) is 12.5 Å². The molecule has 1 amide bonds. The number of methoxy groups -OCH3 is 1. The predicted octanol–water partition coefficient (Wildman–Crippen LogP) is 1.82. The molecule has 0 atom stereocenters. The molecule has 0 aliphatic rings. The van der Waals surface area contributed by atoms with Gasteiger partial charge in [0.15, 0.2) is 0 Å². The number of hydrogen-bond acceptors (Lipinski definition) is 5. The number of anilines is 1. The predicted molar refractivity (Wildman–Crippen MR) is 80.1 cm³/mol. The zero-order chi connectivity index (χ0) is 15.1. The Morgan fingerprint density at radius 2 is 2.29 bits per heavy atom. The SMILES string of the molecule is COCCNCC(=O)Nc1cccc(-c2nc(C)co2)c1. The number of ether oxygens (including phenoxy) is 1. The zero-order valence-electron chi connectivity index (χ0n) is 12.2. The maximum atomic E-state index is 11.8. The van der Waals surface area contributed by atoms with Crippen LogP contribution in [0.4, 0.5) is 5.69 Å². The largest absolute Gasteiger partial charge is 0.444 e. The number of hydrogen-bond donors (Lipinski definition) is 2. The Bertz CT molecular complexity index is 595. The van der Waals surface area contributed by atoms with E-state index in [0.717, 1.165) is 11.3 Å². The van der Waals surface area contributed by atoms with Gasteiger partial charge in [0, 0.05) is 24.9 Å².